The molecule has 2 saturated heterocycles. The number of aromatic amines is 1. The minimum atomic E-state index is -0.959. The lowest BCUT2D eigenvalue weighted by molar-refractivity contribution is -0.123. The summed E-state index contributed by atoms with van der Waals surface area (Å²) in [6.07, 6.45) is 1.32. The number of amides is 2. The number of thiazole rings is 1. The highest BCUT2D eigenvalue weighted by molar-refractivity contribution is 7.20. The first-order valence-electron chi connectivity index (χ1n) is 15.5. The number of ether oxygens (including phenoxy) is 2. The van der Waals surface area contributed by atoms with Crippen molar-refractivity contribution in [3.63, 3.8) is 0 Å². The fraction of sp³-hybridized carbons (Fsp3) is 0.314. The van der Waals surface area contributed by atoms with Crippen LogP contribution in [0.2, 0.25) is 0 Å². The first-order chi connectivity index (χ1) is 22.5. The van der Waals surface area contributed by atoms with Crippen molar-refractivity contribution in [1.82, 2.24) is 25.9 Å². The van der Waals surface area contributed by atoms with Crippen LogP contribution in [0.4, 0.5) is 0 Å². The van der Waals surface area contributed by atoms with Crippen LogP contribution in [-0.2, 0) is 16.0 Å². The fourth-order valence-electron chi connectivity index (χ4n) is 6.59. The molecule has 2 fully saturated rings. The Bertz CT molecular complexity index is 1860. The van der Waals surface area contributed by atoms with Crippen molar-refractivity contribution in [2.24, 2.45) is 5.92 Å². The summed E-state index contributed by atoms with van der Waals surface area (Å²) in [6, 6.07) is 22.7. The zero-order valence-electron chi connectivity index (χ0n) is 25.3. The molecule has 46 heavy (non-hydrogen) atoms. The van der Waals surface area contributed by atoms with E-state index >= 15 is 0 Å². The number of nitrogens with zero attached hydrogens (tertiary/aromatic N) is 1. The fourth-order valence-corrected chi connectivity index (χ4v) is 7.55. The van der Waals surface area contributed by atoms with Crippen molar-refractivity contribution in [3.8, 4) is 5.75 Å². The van der Waals surface area contributed by atoms with Gasteiger partial charge in [-0.15, -0.1) is 11.3 Å². The van der Waals surface area contributed by atoms with Gasteiger partial charge in [0.05, 0.1) is 36.1 Å². The highest BCUT2D eigenvalue weighted by Gasteiger charge is 2.43. The molecule has 2 unspecified atom stereocenters. The predicted octanol–water partition coefficient (Wildman–Crippen LogP) is 4.26. The Kier molecular flexibility index (Phi) is 8.53. The van der Waals surface area contributed by atoms with Crippen molar-refractivity contribution < 1.29 is 23.9 Å². The summed E-state index contributed by atoms with van der Waals surface area (Å²) >= 11 is 1.31. The average molecular weight is 638 g/mol. The van der Waals surface area contributed by atoms with E-state index in [1.54, 1.807) is 13.2 Å². The Hall–Kier alpha value is -4.58. The number of hydrogen-bond donors (Lipinski definition) is 4. The van der Waals surface area contributed by atoms with Crippen molar-refractivity contribution >= 4 is 50.1 Å². The summed E-state index contributed by atoms with van der Waals surface area (Å²) in [5, 5.41) is 10.5. The van der Waals surface area contributed by atoms with Crippen molar-refractivity contribution in [2.45, 2.75) is 43.5 Å². The molecule has 5 aromatic rings. The maximum absolute atomic E-state index is 14.1. The summed E-state index contributed by atoms with van der Waals surface area (Å²) < 4.78 is 12.5. The third kappa shape index (κ3) is 6.13. The second-order valence-corrected chi connectivity index (χ2v) is 12.9. The lowest BCUT2D eigenvalue weighted by atomic mass is 9.91. The number of aromatic nitrogens is 2. The summed E-state index contributed by atoms with van der Waals surface area (Å²) in [4.78, 5) is 49.5. The molecule has 0 radical (unpaired) electrons. The van der Waals surface area contributed by atoms with E-state index in [1.807, 2.05) is 72.8 Å². The van der Waals surface area contributed by atoms with Gasteiger partial charge in [0.1, 0.15) is 17.5 Å². The molecule has 2 aliphatic heterocycles. The monoisotopic (exact) mass is 637 g/mol. The third-order valence-corrected chi connectivity index (χ3v) is 10.0. The van der Waals surface area contributed by atoms with E-state index in [9.17, 15) is 14.4 Å². The number of para-hydroxylation sites is 1. The Labute approximate surface area is 269 Å². The molecule has 4 heterocycles. The summed E-state index contributed by atoms with van der Waals surface area (Å²) in [7, 11) is 1.58. The van der Waals surface area contributed by atoms with Crippen LogP contribution >= 0.6 is 11.3 Å². The number of carbonyl (C=O) groups is 3. The van der Waals surface area contributed by atoms with Crippen LogP contribution in [-0.4, -0.2) is 72.1 Å². The van der Waals surface area contributed by atoms with E-state index in [-0.39, 0.29) is 30.3 Å². The zero-order valence-corrected chi connectivity index (χ0v) is 26.1. The number of H-pyrrole nitrogens is 1. The van der Waals surface area contributed by atoms with Gasteiger partial charge < -0.3 is 30.4 Å². The first-order valence-corrected chi connectivity index (χ1v) is 16.3. The van der Waals surface area contributed by atoms with Gasteiger partial charge in [-0.2, -0.15) is 0 Å². The Balaban J connectivity index is 1.16. The van der Waals surface area contributed by atoms with Crippen LogP contribution in [0.1, 0.15) is 38.7 Å². The number of methoxy groups -OCH3 is 1. The number of rotatable bonds is 11. The molecule has 236 valence electrons. The van der Waals surface area contributed by atoms with Crippen molar-refractivity contribution in [2.75, 3.05) is 20.3 Å². The molecule has 0 saturated carbocycles. The molecule has 11 heteroatoms. The van der Waals surface area contributed by atoms with Crippen LogP contribution < -0.4 is 20.7 Å². The Morgan fingerprint density at radius 1 is 1.02 bits per heavy atom. The minimum absolute atomic E-state index is 0.188. The standard InChI is InChI=1S/C35H35N5O5S/c1-44-29-12-7-11-23-22(29)17-27(37-23)34(43)39-26(16-20-8-3-2-4-9-20)33(42)38-25(18-30-21-14-15-36-28(21)19-45-30)32(41)35-40-24-10-5-6-13-31(24)46-35/h2-13,17,21,25-26,28,30,36-37H,14-16,18-19H2,1H3,(H,38,42)(H,39,43)/t21?,25-,26-,28?,30+/m0/s1. The maximum atomic E-state index is 14.1. The van der Waals surface area contributed by atoms with Gasteiger partial charge in [0, 0.05) is 35.7 Å². The molecule has 5 atom stereocenters. The second-order valence-electron chi connectivity index (χ2n) is 11.9. The van der Waals surface area contributed by atoms with Crippen LogP contribution in [0.25, 0.3) is 21.1 Å². The lowest BCUT2D eigenvalue weighted by Gasteiger charge is -2.25. The summed E-state index contributed by atoms with van der Waals surface area (Å²) in [5.41, 5.74) is 2.65. The number of carbonyl (C=O) groups excluding carboxylic acids is 3. The second kappa shape index (κ2) is 13.0. The maximum Gasteiger partial charge on any atom is 0.268 e. The first kappa shape index (κ1) is 30.1. The summed E-state index contributed by atoms with van der Waals surface area (Å²) in [5.74, 6) is -0.260. The molecule has 3 aromatic carbocycles. The van der Waals surface area contributed by atoms with Crippen LogP contribution in [0.3, 0.4) is 0 Å². The number of fused-ring (bicyclic) bond motifs is 3. The molecule has 0 spiro atoms. The minimum Gasteiger partial charge on any atom is -0.496 e. The highest BCUT2D eigenvalue weighted by Crippen LogP contribution is 2.32. The molecular formula is C35H35N5O5S. The van der Waals surface area contributed by atoms with E-state index in [1.165, 1.54) is 11.3 Å². The number of nitrogens with one attached hydrogen (secondary N) is 4. The van der Waals surface area contributed by atoms with Crippen LogP contribution in [0.15, 0.2) is 78.9 Å². The van der Waals surface area contributed by atoms with Crippen LogP contribution in [0, 0.1) is 5.92 Å². The number of benzene rings is 3. The number of Topliss-reactive ketones (excluding diaryl/α,β-unsaturated/α-hetero) is 1. The number of hydrogen-bond acceptors (Lipinski definition) is 8. The van der Waals surface area contributed by atoms with Gasteiger partial charge in [-0.1, -0.05) is 48.5 Å². The van der Waals surface area contributed by atoms with Crippen molar-refractivity contribution in [3.05, 3.63) is 95.1 Å². The SMILES string of the molecule is COc1cccc2[nH]c(C(=O)N[C@@H](Cc3ccccc3)C(=O)N[C@@H](C[C@H]3OCC4NCCC43)C(=O)c3nc4ccccc4s3)cc12. The Morgan fingerprint density at radius 2 is 1.85 bits per heavy atom. The Morgan fingerprint density at radius 3 is 2.67 bits per heavy atom. The molecular weight excluding hydrogens is 602 g/mol. The molecule has 2 amide bonds. The van der Waals surface area contributed by atoms with Gasteiger partial charge >= 0.3 is 0 Å². The molecule has 2 aromatic heterocycles. The number of ketones is 1. The van der Waals surface area contributed by atoms with Gasteiger partial charge in [0.15, 0.2) is 5.01 Å². The van der Waals surface area contributed by atoms with Gasteiger partial charge in [-0.3, -0.25) is 14.4 Å². The molecule has 7 rings (SSSR count). The van der Waals surface area contributed by atoms with E-state index in [0.29, 0.717) is 29.5 Å². The van der Waals surface area contributed by atoms with Crippen molar-refractivity contribution in [1.29, 1.82) is 0 Å². The van der Waals surface area contributed by atoms with E-state index < -0.39 is 23.9 Å². The van der Waals surface area contributed by atoms with E-state index in [2.05, 4.69) is 25.9 Å². The summed E-state index contributed by atoms with van der Waals surface area (Å²) in [6.45, 7) is 1.48. The van der Waals surface area contributed by atoms with E-state index in [0.717, 1.165) is 39.6 Å². The van der Waals surface area contributed by atoms with Gasteiger partial charge in [-0.05, 0) is 48.9 Å². The zero-order chi connectivity index (χ0) is 31.6. The topological polar surface area (TPSA) is 134 Å². The van der Waals surface area contributed by atoms with Crippen LogP contribution in [0.5, 0.6) is 5.75 Å². The average Bonchev–Trinajstić information content (AvgIpc) is 3.88. The third-order valence-electron chi connectivity index (χ3n) is 8.97. The smallest absolute Gasteiger partial charge is 0.268 e. The van der Waals surface area contributed by atoms with E-state index in [4.69, 9.17) is 9.47 Å². The molecule has 0 aliphatic carbocycles. The molecule has 2 aliphatic rings. The highest BCUT2D eigenvalue weighted by atomic mass is 32.1. The predicted molar refractivity (Wildman–Crippen MR) is 176 cm³/mol. The van der Waals surface area contributed by atoms with Gasteiger partial charge in [-0.25, -0.2) is 4.98 Å². The lowest BCUT2D eigenvalue weighted by Crippen LogP contribution is -2.53. The quantitative estimate of drug-likeness (QED) is 0.159. The molecule has 0 bridgehead atoms. The molecule has 10 nitrogen and oxygen atoms in total. The van der Waals surface area contributed by atoms with Gasteiger partial charge in [0.2, 0.25) is 11.7 Å². The normalized spacial score (nSPS) is 20.3. The molecule has 4 N–H and O–H groups in total. The largest absolute Gasteiger partial charge is 0.496 e. The van der Waals surface area contributed by atoms with Gasteiger partial charge in [0.25, 0.3) is 5.91 Å².